The summed E-state index contributed by atoms with van der Waals surface area (Å²) in [5.41, 5.74) is 6.82. The third kappa shape index (κ3) is 4.23. The van der Waals surface area contributed by atoms with Gasteiger partial charge in [-0.25, -0.2) is 4.79 Å². The summed E-state index contributed by atoms with van der Waals surface area (Å²) in [6, 6.07) is 16.2. The number of nitrogens with zero attached hydrogens (tertiary/aromatic N) is 1. The summed E-state index contributed by atoms with van der Waals surface area (Å²) in [5.74, 6) is 0.971. The number of amides is 1. The molecule has 31 heavy (non-hydrogen) atoms. The first-order valence-corrected chi connectivity index (χ1v) is 11.4. The third-order valence-electron chi connectivity index (χ3n) is 6.38. The van der Waals surface area contributed by atoms with E-state index in [4.69, 9.17) is 0 Å². The Morgan fingerprint density at radius 3 is 2.45 bits per heavy atom. The molecule has 1 heterocycles. The van der Waals surface area contributed by atoms with Crippen molar-refractivity contribution < 1.29 is 6.22 Å². The van der Waals surface area contributed by atoms with Gasteiger partial charge in [-0.2, -0.15) is 0 Å². The minimum absolute atomic E-state index is 0. The first kappa shape index (κ1) is 21.2. The van der Waals surface area contributed by atoms with Crippen molar-refractivity contribution in [2.75, 3.05) is 5.32 Å². The molecule has 3 aromatic rings. The Hall–Kier alpha value is -3.07. The zero-order valence-corrected chi connectivity index (χ0v) is 19.0. The van der Waals surface area contributed by atoms with E-state index in [-0.39, 0.29) is 7.46 Å². The van der Waals surface area contributed by atoms with E-state index in [1.165, 1.54) is 16.7 Å². The van der Waals surface area contributed by atoms with Crippen LogP contribution in [0.15, 0.2) is 72.5 Å². The van der Waals surface area contributed by atoms with Crippen molar-refractivity contribution in [3.63, 3.8) is 0 Å². The molecule has 0 saturated carbocycles. The molecule has 0 fully saturated rings. The SMILES string of the molecule is CCC(C)c1ccc(NC(=O)n2cc(C3=CCCC=C3C(C)C)c3ccccc32)cc1.[HH]. The van der Waals surface area contributed by atoms with Crippen molar-refractivity contribution in [2.45, 2.75) is 52.9 Å². The molecular formula is C28H34N2O. The second-order valence-electron chi connectivity index (χ2n) is 8.80. The highest BCUT2D eigenvalue weighted by molar-refractivity contribution is 6.04. The molecule has 1 N–H and O–H groups in total. The molecule has 2 aromatic carbocycles. The summed E-state index contributed by atoms with van der Waals surface area (Å²) >= 11 is 0. The topological polar surface area (TPSA) is 34.0 Å². The van der Waals surface area contributed by atoms with Gasteiger partial charge in [0, 0.05) is 24.3 Å². The van der Waals surface area contributed by atoms with Gasteiger partial charge in [0.05, 0.1) is 5.52 Å². The largest absolute Gasteiger partial charge is 0.330 e. The maximum Gasteiger partial charge on any atom is 0.330 e. The standard InChI is InChI=1S/C28H32N2O.H2/c1-5-20(4)21-14-16-22(17-15-21)29-28(31)30-18-26(25-12-8-9-13-27(25)30)24-11-7-6-10-23(24)19(2)3;/h8-20H,5-7H2,1-4H3,(H,29,31);1H. The minimum atomic E-state index is -0.134. The van der Waals surface area contributed by atoms with Crippen LogP contribution in [0.25, 0.3) is 16.5 Å². The number of fused-ring (bicyclic) bond motifs is 1. The van der Waals surface area contributed by atoms with E-state index in [2.05, 4.69) is 63.4 Å². The van der Waals surface area contributed by atoms with Crippen LogP contribution < -0.4 is 5.32 Å². The zero-order chi connectivity index (χ0) is 22.0. The second kappa shape index (κ2) is 8.97. The molecule has 162 valence electrons. The molecule has 1 amide bonds. The number of benzene rings is 2. The monoisotopic (exact) mass is 414 g/mol. The molecule has 0 radical (unpaired) electrons. The normalized spacial score (nSPS) is 15.0. The number of hydrogen-bond acceptors (Lipinski definition) is 1. The average molecular weight is 415 g/mol. The van der Waals surface area contributed by atoms with E-state index >= 15 is 0 Å². The summed E-state index contributed by atoms with van der Waals surface area (Å²) < 4.78 is 1.75. The first-order valence-electron chi connectivity index (χ1n) is 11.4. The lowest BCUT2D eigenvalue weighted by Crippen LogP contribution is -2.18. The van der Waals surface area contributed by atoms with Crippen molar-refractivity contribution >= 4 is 28.2 Å². The molecule has 1 atom stereocenters. The van der Waals surface area contributed by atoms with E-state index < -0.39 is 0 Å². The van der Waals surface area contributed by atoms with Crippen LogP contribution in [-0.2, 0) is 0 Å². The van der Waals surface area contributed by atoms with Crippen molar-refractivity contribution in [1.82, 2.24) is 4.57 Å². The quantitative estimate of drug-likeness (QED) is 0.448. The number of para-hydroxylation sites is 1. The van der Waals surface area contributed by atoms with Gasteiger partial charge >= 0.3 is 6.03 Å². The summed E-state index contributed by atoms with van der Waals surface area (Å²) in [7, 11) is 0. The van der Waals surface area contributed by atoms with Gasteiger partial charge in [-0.1, -0.05) is 70.2 Å². The van der Waals surface area contributed by atoms with Crippen LogP contribution in [0.3, 0.4) is 0 Å². The van der Waals surface area contributed by atoms with Gasteiger partial charge in [0.25, 0.3) is 0 Å². The molecular weight excluding hydrogens is 380 g/mol. The Labute approximate surface area is 187 Å². The van der Waals surface area contributed by atoms with Gasteiger partial charge in [-0.05, 0) is 66.0 Å². The molecule has 1 unspecified atom stereocenters. The number of rotatable bonds is 5. The predicted molar refractivity (Wildman–Crippen MR) is 134 cm³/mol. The highest BCUT2D eigenvalue weighted by Crippen LogP contribution is 2.37. The fourth-order valence-electron chi connectivity index (χ4n) is 4.38. The molecule has 3 nitrogen and oxygen atoms in total. The smallest absolute Gasteiger partial charge is 0.307 e. The molecule has 0 saturated heterocycles. The Morgan fingerprint density at radius 2 is 1.74 bits per heavy atom. The first-order chi connectivity index (χ1) is 15.0. The number of carbonyl (C=O) groups is 1. The van der Waals surface area contributed by atoms with Crippen LogP contribution in [0, 0.1) is 5.92 Å². The van der Waals surface area contributed by atoms with Gasteiger partial charge < -0.3 is 5.32 Å². The van der Waals surface area contributed by atoms with E-state index in [1.54, 1.807) is 4.57 Å². The van der Waals surface area contributed by atoms with Crippen LogP contribution >= 0.6 is 0 Å². The molecule has 4 rings (SSSR count). The summed E-state index contributed by atoms with van der Waals surface area (Å²) in [5, 5.41) is 4.19. The fourth-order valence-corrected chi connectivity index (χ4v) is 4.38. The maximum atomic E-state index is 13.2. The minimum Gasteiger partial charge on any atom is -0.307 e. The number of nitrogens with one attached hydrogen (secondary N) is 1. The number of hydrogen-bond donors (Lipinski definition) is 1. The molecule has 0 spiro atoms. The highest BCUT2D eigenvalue weighted by Gasteiger charge is 2.20. The molecule has 1 aliphatic carbocycles. The lowest BCUT2D eigenvalue weighted by atomic mass is 9.85. The van der Waals surface area contributed by atoms with Gasteiger partial charge in [0.15, 0.2) is 0 Å². The molecule has 1 aliphatic rings. The Balaban J connectivity index is 0.00000289. The van der Waals surface area contributed by atoms with E-state index in [0.717, 1.165) is 41.4 Å². The maximum absolute atomic E-state index is 13.2. The lowest BCUT2D eigenvalue weighted by Gasteiger charge is -2.19. The van der Waals surface area contributed by atoms with Crippen LogP contribution in [0.2, 0.25) is 0 Å². The van der Waals surface area contributed by atoms with Crippen LogP contribution in [0.4, 0.5) is 10.5 Å². The number of carbonyl (C=O) groups excluding carboxylic acids is 1. The van der Waals surface area contributed by atoms with Crippen LogP contribution in [-0.4, -0.2) is 10.6 Å². The molecule has 0 aliphatic heterocycles. The summed E-state index contributed by atoms with van der Waals surface area (Å²) in [4.78, 5) is 13.2. The molecule has 3 heteroatoms. The predicted octanol–water partition coefficient (Wildman–Crippen LogP) is 8.24. The summed E-state index contributed by atoms with van der Waals surface area (Å²) in [6.07, 6.45) is 9.91. The van der Waals surface area contributed by atoms with Gasteiger partial charge in [-0.15, -0.1) is 0 Å². The number of aromatic nitrogens is 1. The average Bonchev–Trinajstić information content (AvgIpc) is 3.19. The Kier molecular flexibility index (Phi) is 6.13. The van der Waals surface area contributed by atoms with E-state index in [9.17, 15) is 4.79 Å². The fraction of sp³-hybridized carbons (Fsp3) is 0.321. The van der Waals surface area contributed by atoms with Gasteiger partial charge in [0.1, 0.15) is 0 Å². The Morgan fingerprint density at radius 1 is 1.03 bits per heavy atom. The molecule has 1 aromatic heterocycles. The Bertz CT molecular complexity index is 1150. The van der Waals surface area contributed by atoms with Crippen LogP contribution in [0.1, 0.15) is 65.4 Å². The van der Waals surface area contributed by atoms with Gasteiger partial charge in [0.2, 0.25) is 0 Å². The number of allylic oxidation sites excluding steroid dienone is 4. The van der Waals surface area contributed by atoms with Gasteiger partial charge in [-0.3, -0.25) is 4.57 Å². The highest BCUT2D eigenvalue weighted by atomic mass is 16.2. The van der Waals surface area contributed by atoms with Crippen molar-refractivity contribution in [1.29, 1.82) is 0 Å². The van der Waals surface area contributed by atoms with Crippen molar-refractivity contribution in [2.24, 2.45) is 5.92 Å². The number of anilines is 1. The lowest BCUT2D eigenvalue weighted by molar-refractivity contribution is 0.254. The zero-order valence-electron chi connectivity index (χ0n) is 19.0. The molecule has 0 bridgehead atoms. The summed E-state index contributed by atoms with van der Waals surface area (Å²) in [6.45, 7) is 8.89. The third-order valence-corrected chi connectivity index (χ3v) is 6.38. The van der Waals surface area contributed by atoms with E-state index in [0.29, 0.717) is 11.8 Å². The second-order valence-corrected chi connectivity index (χ2v) is 8.80. The van der Waals surface area contributed by atoms with Crippen molar-refractivity contribution in [3.8, 4) is 0 Å². The van der Waals surface area contributed by atoms with E-state index in [1.807, 2.05) is 36.5 Å². The van der Waals surface area contributed by atoms with Crippen molar-refractivity contribution in [3.05, 3.63) is 83.6 Å². The van der Waals surface area contributed by atoms with Crippen LogP contribution in [0.5, 0.6) is 0 Å².